The predicted octanol–water partition coefficient (Wildman–Crippen LogP) is 7.10. The van der Waals surface area contributed by atoms with Crippen LogP contribution in [-0.4, -0.2) is 11.6 Å². The zero-order valence-corrected chi connectivity index (χ0v) is 18.2. The zero-order chi connectivity index (χ0) is 23.8. The van der Waals surface area contributed by atoms with Gasteiger partial charge >= 0.3 is 6.18 Å². The fourth-order valence-corrected chi connectivity index (χ4v) is 3.70. The maximum Gasteiger partial charge on any atom is 0.416 e. The Morgan fingerprint density at radius 3 is 2.24 bits per heavy atom. The Bertz CT molecular complexity index is 1210. The number of carbonyl (C=O) groups is 1. The highest BCUT2D eigenvalue weighted by Gasteiger charge is 2.33. The van der Waals surface area contributed by atoms with Gasteiger partial charge in [-0.2, -0.15) is 18.3 Å². The van der Waals surface area contributed by atoms with Crippen molar-refractivity contribution in [2.45, 2.75) is 18.6 Å². The van der Waals surface area contributed by atoms with Gasteiger partial charge in [-0.1, -0.05) is 35.3 Å². The molecule has 0 saturated carbocycles. The first-order valence-electron chi connectivity index (χ1n) is 9.67. The van der Waals surface area contributed by atoms with E-state index in [2.05, 4.69) is 10.4 Å². The zero-order valence-electron chi connectivity index (χ0n) is 16.7. The van der Waals surface area contributed by atoms with E-state index >= 15 is 0 Å². The summed E-state index contributed by atoms with van der Waals surface area (Å²) in [5, 5.41) is 9.22. The largest absolute Gasteiger partial charge is 0.416 e. The maximum atomic E-state index is 13.4. The van der Waals surface area contributed by atoms with Crippen molar-refractivity contribution in [1.82, 2.24) is 0 Å². The van der Waals surface area contributed by atoms with Crippen molar-refractivity contribution >= 4 is 46.2 Å². The molecule has 1 atom stereocenters. The summed E-state index contributed by atoms with van der Waals surface area (Å²) in [6, 6.07) is 14.4. The molecule has 4 nitrogen and oxygen atoms in total. The molecular formula is C23H15Cl2F4N3O. The molecule has 1 unspecified atom stereocenters. The molecule has 0 saturated heterocycles. The number of hydrogen-bond acceptors (Lipinski definition) is 3. The summed E-state index contributed by atoms with van der Waals surface area (Å²) in [7, 11) is 0. The first kappa shape index (κ1) is 23.1. The van der Waals surface area contributed by atoms with E-state index in [1.165, 1.54) is 24.3 Å². The van der Waals surface area contributed by atoms with E-state index in [0.29, 0.717) is 21.3 Å². The molecule has 33 heavy (non-hydrogen) atoms. The Morgan fingerprint density at radius 2 is 1.64 bits per heavy atom. The lowest BCUT2D eigenvalue weighted by Gasteiger charge is -2.24. The average molecular weight is 496 g/mol. The standard InChI is InChI=1S/C23H15Cl2F4N3O/c24-18-10-9-17(11-19(18)25)32-21(13-1-5-15(26)6-2-13)12-20(31-32)22(33)30-16-7-3-14(4-8-16)23(27,28)29/h1-11,21H,12H2,(H,30,33). The molecule has 1 aliphatic heterocycles. The quantitative estimate of drug-likeness (QED) is 0.392. The Labute approximate surface area is 196 Å². The molecule has 0 aromatic heterocycles. The van der Waals surface area contributed by atoms with Gasteiger partial charge in [-0.3, -0.25) is 9.80 Å². The van der Waals surface area contributed by atoms with Crippen LogP contribution in [0.4, 0.5) is 28.9 Å². The van der Waals surface area contributed by atoms with Crippen LogP contribution in [-0.2, 0) is 11.0 Å². The molecule has 170 valence electrons. The third-order valence-electron chi connectivity index (χ3n) is 5.07. The number of nitrogens with zero attached hydrogens (tertiary/aromatic N) is 2. The molecule has 0 aliphatic carbocycles. The van der Waals surface area contributed by atoms with Gasteiger partial charge in [0.25, 0.3) is 5.91 Å². The summed E-state index contributed by atoms with van der Waals surface area (Å²) in [4.78, 5) is 12.8. The van der Waals surface area contributed by atoms with Crippen LogP contribution in [0.25, 0.3) is 0 Å². The first-order valence-corrected chi connectivity index (χ1v) is 10.4. The summed E-state index contributed by atoms with van der Waals surface area (Å²) >= 11 is 12.1. The minimum atomic E-state index is -4.47. The first-order chi connectivity index (χ1) is 15.6. The molecule has 10 heteroatoms. The van der Waals surface area contributed by atoms with Gasteiger partial charge in [0.2, 0.25) is 0 Å². The van der Waals surface area contributed by atoms with Crippen LogP contribution >= 0.6 is 23.2 Å². The Kier molecular flexibility index (Phi) is 6.32. The van der Waals surface area contributed by atoms with Crippen LogP contribution < -0.4 is 10.3 Å². The lowest BCUT2D eigenvalue weighted by atomic mass is 10.0. The molecule has 1 aliphatic rings. The monoisotopic (exact) mass is 495 g/mol. The van der Waals surface area contributed by atoms with Crippen LogP contribution in [0, 0.1) is 5.82 Å². The number of hydrogen-bond donors (Lipinski definition) is 1. The summed E-state index contributed by atoms with van der Waals surface area (Å²) in [6.07, 6.45) is -4.29. The van der Waals surface area contributed by atoms with Crippen molar-refractivity contribution in [1.29, 1.82) is 0 Å². The molecule has 0 fully saturated rings. The number of halogens is 6. The number of rotatable bonds is 4. The predicted molar refractivity (Wildman–Crippen MR) is 120 cm³/mol. The van der Waals surface area contributed by atoms with E-state index < -0.39 is 29.5 Å². The molecule has 0 bridgehead atoms. The lowest BCUT2D eigenvalue weighted by molar-refractivity contribution is -0.137. The smallest absolute Gasteiger partial charge is 0.321 e. The topological polar surface area (TPSA) is 44.7 Å². The SMILES string of the molecule is O=C(Nc1ccc(C(F)(F)F)cc1)C1=NN(c2ccc(Cl)c(Cl)c2)C(c2ccc(F)cc2)C1. The Hall–Kier alpha value is -3.10. The second-order valence-electron chi connectivity index (χ2n) is 7.29. The minimum Gasteiger partial charge on any atom is -0.321 e. The van der Waals surface area contributed by atoms with Gasteiger partial charge in [-0.15, -0.1) is 0 Å². The van der Waals surface area contributed by atoms with Crippen molar-refractivity contribution in [3.8, 4) is 0 Å². The van der Waals surface area contributed by atoms with E-state index in [4.69, 9.17) is 23.2 Å². The molecule has 4 rings (SSSR count). The van der Waals surface area contributed by atoms with E-state index in [1.807, 2.05) is 0 Å². The van der Waals surface area contributed by atoms with Gasteiger partial charge in [0, 0.05) is 12.1 Å². The van der Waals surface area contributed by atoms with Gasteiger partial charge in [-0.05, 0) is 60.2 Å². The van der Waals surface area contributed by atoms with E-state index in [9.17, 15) is 22.4 Å². The number of benzene rings is 3. The molecular weight excluding hydrogens is 481 g/mol. The average Bonchev–Trinajstić information content (AvgIpc) is 3.21. The van der Waals surface area contributed by atoms with E-state index in [0.717, 1.165) is 12.1 Å². The summed E-state index contributed by atoms with van der Waals surface area (Å²) in [5.74, 6) is -0.969. The molecule has 0 radical (unpaired) electrons. The minimum absolute atomic E-state index is 0.148. The Balaban J connectivity index is 1.61. The van der Waals surface area contributed by atoms with Crippen molar-refractivity contribution in [2.75, 3.05) is 10.3 Å². The van der Waals surface area contributed by atoms with Crippen molar-refractivity contribution in [3.63, 3.8) is 0 Å². The molecule has 1 amide bonds. The fourth-order valence-electron chi connectivity index (χ4n) is 3.40. The van der Waals surface area contributed by atoms with Gasteiger partial charge in [-0.25, -0.2) is 4.39 Å². The fraction of sp³-hybridized carbons (Fsp3) is 0.130. The van der Waals surface area contributed by atoms with Crippen LogP contribution in [0.5, 0.6) is 0 Å². The lowest BCUT2D eigenvalue weighted by Crippen LogP contribution is -2.22. The van der Waals surface area contributed by atoms with Gasteiger partial charge < -0.3 is 5.32 Å². The molecule has 3 aromatic carbocycles. The molecule has 0 spiro atoms. The summed E-state index contributed by atoms with van der Waals surface area (Å²) in [6.45, 7) is 0. The third-order valence-corrected chi connectivity index (χ3v) is 5.80. The molecule has 1 heterocycles. The number of amides is 1. The van der Waals surface area contributed by atoms with Crippen molar-refractivity contribution in [2.24, 2.45) is 5.10 Å². The second-order valence-corrected chi connectivity index (χ2v) is 8.10. The number of nitrogens with one attached hydrogen (secondary N) is 1. The van der Waals surface area contributed by atoms with Gasteiger partial charge in [0.1, 0.15) is 11.5 Å². The van der Waals surface area contributed by atoms with Crippen molar-refractivity contribution in [3.05, 3.63) is 93.7 Å². The normalized spacial score (nSPS) is 16.0. The summed E-state index contributed by atoms with van der Waals surface area (Å²) < 4.78 is 51.7. The van der Waals surface area contributed by atoms with Gasteiger partial charge in [0.15, 0.2) is 0 Å². The van der Waals surface area contributed by atoms with Gasteiger partial charge in [0.05, 0.1) is 27.3 Å². The van der Waals surface area contributed by atoms with Crippen LogP contribution in [0.3, 0.4) is 0 Å². The molecule has 1 N–H and O–H groups in total. The third kappa shape index (κ3) is 5.12. The van der Waals surface area contributed by atoms with Crippen LogP contribution in [0.1, 0.15) is 23.6 Å². The second kappa shape index (κ2) is 9.03. The number of anilines is 2. The Morgan fingerprint density at radius 1 is 0.970 bits per heavy atom. The van der Waals surface area contributed by atoms with Crippen LogP contribution in [0.2, 0.25) is 10.0 Å². The number of hydrazone groups is 1. The van der Waals surface area contributed by atoms with Crippen LogP contribution in [0.15, 0.2) is 71.8 Å². The number of carbonyl (C=O) groups excluding carboxylic acids is 1. The summed E-state index contributed by atoms with van der Waals surface area (Å²) in [5.41, 5.74) is 0.804. The van der Waals surface area contributed by atoms with Crippen molar-refractivity contribution < 1.29 is 22.4 Å². The highest BCUT2D eigenvalue weighted by Crippen LogP contribution is 2.38. The number of alkyl halides is 3. The maximum absolute atomic E-state index is 13.4. The van der Waals surface area contributed by atoms with E-state index in [-0.39, 0.29) is 17.8 Å². The highest BCUT2D eigenvalue weighted by molar-refractivity contribution is 6.44. The highest BCUT2D eigenvalue weighted by atomic mass is 35.5. The van der Waals surface area contributed by atoms with E-state index in [1.54, 1.807) is 35.3 Å². The molecule has 3 aromatic rings.